The van der Waals surface area contributed by atoms with Gasteiger partial charge >= 0.3 is 0 Å². The fraction of sp³-hybridized carbons (Fsp3) is 0.692. The number of hydrogen-bond acceptors (Lipinski definition) is 3. The third-order valence-electron chi connectivity index (χ3n) is 2.61. The maximum atomic E-state index is 11.5. The number of hydrogen-bond donors (Lipinski definition) is 2. The van der Waals surface area contributed by atoms with Crippen LogP contribution in [-0.2, 0) is 11.3 Å². The van der Waals surface area contributed by atoms with Gasteiger partial charge in [-0.15, -0.1) is 0 Å². The Hall–Kier alpha value is -1.36. The van der Waals surface area contributed by atoms with Gasteiger partial charge in [0, 0.05) is 17.8 Å². The number of nitrogens with one attached hydrogen (secondary N) is 2. The van der Waals surface area contributed by atoms with Crippen molar-refractivity contribution in [2.75, 3.05) is 6.54 Å². The molecular weight excluding hydrogens is 228 g/mol. The zero-order valence-corrected chi connectivity index (χ0v) is 11.9. The molecule has 1 aromatic rings. The molecule has 0 aliphatic heterocycles. The van der Waals surface area contributed by atoms with E-state index in [1.807, 2.05) is 32.4 Å². The van der Waals surface area contributed by atoms with E-state index in [1.165, 1.54) is 0 Å². The van der Waals surface area contributed by atoms with E-state index in [9.17, 15) is 4.79 Å². The number of aryl methyl sites for hydroxylation is 2. The maximum Gasteiger partial charge on any atom is 0.234 e. The Morgan fingerprint density at radius 3 is 2.56 bits per heavy atom. The second kappa shape index (κ2) is 6.54. The first-order valence-electron chi connectivity index (χ1n) is 6.42. The fourth-order valence-electron chi connectivity index (χ4n) is 1.82. The van der Waals surface area contributed by atoms with Crippen molar-refractivity contribution in [3.05, 3.63) is 17.5 Å². The predicted octanol–water partition coefficient (Wildman–Crippen LogP) is 1.00. The molecule has 1 rings (SSSR count). The van der Waals surface area contributed by atoms with Crippen LogP contribution in [0, 0.1) is 13.8 Å². The van der Waals surface area contributed by atoms with Crippen LogP contribution >= 0.6 is 0 Å². The predicted molar refractivity (Wildman–Crippen MR) is 72.4 cm³/mol. The van der Waals surface area contributed by atoms with Crippen molar-refractivity contribution in [2.24, 2.45) is 0 Å². The van der Waals surface area contributed by atoms with Gasteiger partial charge in [0.05, 0.1) is 18.8 Å². The number of nitrogens with zero attached hydrogens (tertiary/aromatic N) is 2. The lowest BCUT2D eigenvalue weighted by atomic mass is 10.3. The monoisotopic (exact) mass is 252 g/mol. The summed E-state index contributed by atoms with van der Waals surface area (Å²) in [6.07, 6.45) is 0. The van der Waals surface area contributed by atoms with Crippen molar-refractivity contribution < 1.29 is 4.79 Å². The summed E-state index contributed by atoms with van der Waals surface area (Å²) in [5.41, 5.74) is 2.17. The van der Waals surface area contributed by atoms with Crippen molar-refractivity contribution in [3.8, 4) is 0 Å². The highest BCUT2D eigenvalue weighted by Crippen LogP contribution is 2.02. The Kier molecular flexibility index (Phi) is 5.34. The molecule has 0 saturated heterocycles. The minimum absolute atomic E-state index is 0.0326. The molecular formula is C13H24N4O. The molecule has 102 valence electrons. The molecule has 5 heteroatoms. The van der Waals surface area contributed by atoms with Crippen LogP contribution in [0.2, 0.25) is 0 Å². The Labute approximate surface area is 109 Å². The Morgan fingerprint density at radius 1 is 1.39 bits per heavy atom. The number of carbonyl (C=O) groups excluding carboxylic acids is 1. The average Bonchev–Trinajstić information content (AvgIpc) is 2.53. The topological polar surface area (TPSA) is 59.0 Å². The van der Waals surface area contributed by atoms with E-state index in [0.717, 1.165) is 17.9 Å². The van der Waals surface area contributed by atoms with Crippen LogP contribution in [0.15, 0.2) is 6.07 Å². The zero-order chi connectivity index (χ0) is 13.7. The minimum Gasteiger partial charge on any atom is -0.353 e. The summed E-state index contributed by atoms with van der Waals surface area (Å²) in [5, 5.41) is 10.5. The van der Waals surface area contributed by atoms with Crippen molar-refractivity contribution >= 4 is 5.91 Å². The molecule has 1 heterocycles. The first kappa shape index (κ1) is 14.7. The molecule has 0 fully saturated rings. The summed E-state index contributed by atoms with van der Waals surface area (Å²) >= 11 is 0. The van der Waals surface area contributed by atoms with E-state index >= 15 is 0 Å². The van der Waals surface area contributed by atoms with E-state index in [4.69, 9.17) is 0 Å². The molecule has 18 heavy (non-hydrogen) atoms. The molecule has 0 spiro atoms. The maximum absolute atomic E-state index is 11.5. The Morgan fingerprint density at radius 2 is 2.06 bits per heavy atom. The molecule has 1 amide bonds. The third kappa shape index (κ3) is 4.87. The van der Waals surface area contributed by atoms with Crippen LogP contribution in [0.1, 0.15) is 32.2 Å². The molecule has 0 bridgehead atoms. The van der Waals surface area contributed by atoms with Gasteiger partial charge in [0.2, 0.25) is 5.91 Å². The van der Waals surface area contributed by atoms with E-state index in [0.29, 0.717) is 6.54 Å². The molecule has 0 unspecified atom stereocenters. The molecule has 0 radical (unpaired) electrons. The lowest BCUT2D eigenvalue weighted by Gasteiger charge is -2.15. The Balaban J connectivity index is 2.36. The highest BCUT2D eigenvalue weighted by atomic mass is 16.1. The van der Waals surface area contributed by atoms with Gasteiger partial charge in [-0.25, -0.2) is 0 Å². The number of rotatable bonds is 6. The minimum atomic E-state index is 0.0326. The summed E-state index contributed by atoms with van der Waals surface area (Å²) in [7, 11) is 0. The number of amides is 1. The van der Waals surface area contributed by atoms with Crippen LogP contribution in [0.25, 0.3) is 0 Å². The van der Waals surface area contributed by atoms with Gasteiger partial charge < -0.3 is 10.6 Å². The van der Waals surface area contributed by atoms with Crippen molar-refractivity contribution in [1.29, 1.82) is 0 Å². The first-order chi connectivity index (χ1) is 8.38. The van der Waals surface area contributed by atoms with E-state index in [1.54, 1.807) is 0 Å². The molecule has 5 nitrogen and oxygen atoms in total. The van der Waals surface area contributed by atoms with Crippen molar-refractivity contribution in [2.45, 2.75) is 53.2 Å². The van der Waals surface area contributed by atoms with Crippen molar-refractivity contribution in [1.82, 2.24) is 20.4 Å². The molecule has 1 aromatic heterocycles. The van der Waals surface area contributed by atoms with E-state index in [-0.39, 0.29) is 18.0 Å². The van der Waals surface area contributed by atoms with Gasteiger partial charge in [0.1, 0.15) is 0 Å². The summed E-state index contributed by atoms with van der Waals surface area (Å²) in [4.78, 5) is 11.5. The van der Waals surface area contributed by atoms with Crippen LogP contribution in [-0.4, -0.2) is 34.3 Å². The van der Waals surface area contributed by atoms with Crippen LogP contribution in [0.3, 0.4) is 0 Å². The fourth-order valence-corrected chi connectivity index (χ4v) is 1.82. The van der Waals surface area contributed by atoms with Gasteiger partial charge in [-0.05, 0) is 40.7 Å². The largest absolute Gasteiger partial charge is 0.353 e. The molecule has 0 aliphatic carbocycles. The molecule has 2 N–H and O–H groups in total. The Bertz CT molecular complexity index is 398. The van der Waals surface area contributed by atoms with Gasteiger partial charge in [-0.3, -0.25) is 9.48 Å². The smallest absolute Gasteiger partial charge is 0.234 e. The molecule has 0 saturated carbocycles. The van der Waals surface area contributed by atoms with Gasteiger partial charge in [0.25, 0.3) is 0 Å². The van der Waals surface area contributed by atoms with Gasteiger partial charge in [-0.2, -0.15) is 5.10 Å². The summed E-state index contributed by atoms with van der Waals surface area (Å²) in [6.45, 7) is 11.1. The van der Waals surface area contributed by atoms with E-state index < -0.39 is 0 Å². The summed E-state index contributed by atoms with van der Waals surface area (Å²) < 4.78 is 1.97. The lowest BCUT2D eigenvalue weighted by molar-refractivity contribution is -0.120. The zero-order valence-electron chi connectivity index (χ0n) is 11.9. The standard InChI is InChI=1S/C13H24N4O/c1-9(2)15-13(18)7-14-11(4)8-17-12(5)6-10(3)16-17/h6,9,11,14H,7-8H2,1-5H3,(H,15,18)/t11-/m1/s1. The van der Waals surface area contributed by atoms with Crippen LogP contribution in [0.4, 0.5) is 0 Å². The highest BCUT2D eigenvalue weighted by Gasteiger charge is 2.09. The van der Waals surface area contributed by atoms with E-state index in [2.05, 4.69) is 28.7 Å². The lowest BCUT2D eigenvalue weighted by Crippen LogP contribution is -2.42. The SMILES string of the molecule is Cc1cc(C)n(C[C@@H](C)NCC(=O)NC(C)C)n1. The molecule has 0 aliphatic rings. The molecule has 0 aromatic carbocycles. The van der Waals surface area contributed by atoms with Gasteiger partial charge in [-0.1, -0.05) is 0 Å². The van der Waals surface area contributed by atoms with Crippen LogP contribution in [0.5, 0.6) is 0 Å². The highest BCUT2D eigenvalue weighted by molar-refractivity contribution is 5.78. The normalized spacial score (nSPS) is 12.8. The quantitative estimate of drug-likeness (QED) is 0.794. The first-order valence-corrected chi connectivity index (χ1v) is 6.42. The van der Waals surface area contributed by atoms with Crippen molar-refractivity contribution in [3.63, 3.8) is 0 Å². The van der Waals surface area contributed by atoms with Gasteiger partial charge in [0.15, 0.2) is 0 Å². The second-order valence-corrected chi connectivity index (χ2v) is 5.11. The summed E-state index contributed by atoms with van der Waals surface area (Å²) in [6, 6.07) is 2.45. The average molecular weight is 252 g/mol. The number of aromatic nitrogens is 2. The molecule has 1 atom stereocenters. The number of carbonyl (C=O) groups is 1. The second-order valence-electron chi connectivity index (χ2n) is 5.11. The van der Waals surface area contributed by atoms with Crippen LogP contribution < -0.4 is 10.6 Å². The third-order valence-corrected chi connectivity index (χ3v) is 2.61. The summed E-state index contributed by atoms with van der Waals surface area (Å²) in [5.74, 6) is 0.0326.